The van der Waals surface area contributed by atoms with Crippen LogP contribution < -0.4 is 20.5 Å². The lowest BCUT2D eigenvalue weighted by Crippen LogP contribution is -2.27. The summed E-state index contributed by atoms with van der Waals surface area (Å²) in [5.41, 5.74) is 7.33. The van der Waals surface area contributed by atoms with Crippen molar-refractivity contribution in [3.05, 3.63) is 65.2 Å². The predicted octanol–water partition coefficient (Wildman–Crippen LogP) is 2.42. The first-order valence-electron chi connectivity index (χ1n) is 8.99. The van der Waals surface area contributed by atoms with Gasteiger partial charge >= 0.3 is 0 Å². The summed E-state index contributed by atoms with van der Waals surface area (Å²) in [4.78, 5) is 12.5. The Balaban J connectivity index is 1.71. The van der Waals surface area contributed by atoms with E-state index in [4.69, 9.17) is 15.2 Å². The van der Waals surface area contributed by atoms with Crippen molar-refractivity contribution in [1.29, 1.82) is 0 Å². The van der Waals surface area contributed by atoms with Crippen molar-refractivity contribution < 1.29 is 18.7 Å². The molecule has 2 aromatic carbocycles. The largest absolute Gasteiger partial charge is 0.493 e. The molecule has 29 heavy (non-hydrogen) atoms. The molecule has 0 aliphatic rings. The van der Waals surface area contributed by atoms with Crippen LogP contribution in [-0.4, -0.2) is 34.6 Å². The first kappa shape index (κ1) is 20.3. The fourth-order valence-electron chi connectivity index (χ4n) is 2.66. The molecule has 3 N–H and O–H groups in total. The van der Waals surface area contributed by atoms with E-state index in [1.807, 2.05) is 6.92 Å². The van der Waals surface area contributed by atoms with E-state index >= 15 is 0 Å². The average Bonchev–Trinajstić information content (AvgIpc) is 3.14. The number of nitrogens with one attached hydrogen (secondary N) is 1. The smallest absolute Gasteiger partial charge is 0.251 e. The van der Waals surface area contributed by atoms with E-state index in [2.05, 4.69) is 15.6 Å². The van der Waals surface area contributed by atoms with Gasteiger partial charge in [-0.05, 0) is 42.8 Å². The number of benzene rings is 2. The predicted molar refractivity (Wildman–Crippen MR) is 104 cm³/mol. The quantitative estimate of drug-likeness (QED) is 0.603. The Hall–Kier alpha value is -3.46. The normalized spacial score (nSPS) is 10.6. The van der Waals surface area contributed by atoms with Gasteiger partial charge in [0.15, 0.2) is 23.1 Å². The van der Waals surface area contributed by atoms with Gasteiger partial charge in [0.2, 0.25) is 0 Å². The van der Waals surface area contributed by atoms with Gasteiger partial charge in [-0.15, -0.1) is 5.10 Å². The summed E-state index contributed by atoms with van der Waals surface area (Å²) in [7, 11) is 1.47. The van der Waals surface area contributed by atoms with Gasteiger partial charge < -0.3 is 20.5 Å². The SMILES string of the molecule is COc1ccc(C(=O)NCCn2cc(C)nn2)cc1Oc1ccc(CN)cc1F. The minimum absolute atomic E-state index is 0.0135. The molecule has 8 nitrogen and oxygen atoms in total. The number of amides is 1. The molecule has 0 bridgehead atoms. The average molecular weight is 399 g/mol. The second kappa shape index (κ2) is 9.16. The lowest BCUT2D eigenvalue weighted by atomic mass is 10.1. The summed E-state index contributed by atoms with van der Waals surface area (Å²) in [6.07, 6.45) is 1.79. The third-order valence-electron chi connectivity index (χ3n) is 4.16. The number of nitrogens with two attached hydrogens (primary N) is 1. The molecule has 0 unspecified atom stereocenters. The lowest BCUT2D eigenvalue weighted by Gasteiger charge is -2.13. The second-order valence-corrected chi connectivity index (χ2v) is 6.32. The van der Waals surface area contributed by atoms with Crippen LogP contribution in [0.3, 0.4) is 0 Å². The Kier molecular flexibility index (Phi) is 6.40. The maximum absolute atomic E-state index is 14.2. The van der Waals surface area contributed by atoms with Crippen LogP contribution in [0.2, 0.25) is 0 Å². The van der Waals surface area contributed by atoms with Crippen molar-refractivity contribution in [1.82, 2.24) is 20.3 Å². The number of methoxy groups -OCH3 is 1. The van der Waals surface area contributed by atoms with Crippen LogP contribution >= 0.6 is 0 Å². The number of hydrogen-bond donors (Lipinski definition) is 2. The van der Waals surface area contributed by atoms with Gasteiger partial charge in [0.05, 0.1) is 19.3 Å². The molecular weight excluding hydrogens is 377 g/mol. The number of carbonyl (C=O) groups is 1. The minimum Gasteiger partial charge on any atom is -0.493 e. The standard InChI is InChI=1S/C20H22FN5O3/c1-13-12-26(25-24-13)8-7-23-20(27)15-4-6-18(28-2)19(10-15)29-17-5-3-14(11-22)9-16(17)21/h3-6,9-10,12H,7-8,11,22H2,1-2H3,(H,23,27). The molecular formula is C20H22FN5O3. The van der Waals surface area contributed by atoms with E-state index < -0.39 is 5.82 Å². The van der Waals surface area contributed by atoms with E-state index in [0.29, 0.717) is 30.0 Å². The van der Waals surface area contributed by atoms with E-state index in [1.54, 1.807) is 29.1 Å². The maximum Gasteiger partial charge on any atom is 0.251 e. The zero-order chi connectivity index (χ0) is 20.8. The Labute approximate surface area is 167 Å². The molecule has 1 aromatic heterocycles. The number of rotatable bonds is 8. The van der Waals surface area contributed by atoms with Crippen LogP contribution in [0, 0.1) is 12.7 Å². The molecule has 3 aromatic rings. The zero-order valence-corrected chi connectivity index (χ0v) is 16.2. The number of aryl methyl sites for hydroxylation is 1. The van der Waals surface area contributed by atoms with Crippen molar-refractivity contribution in [2.75, 3.05) is 13.7 Å². The van der Waals surface area contributed by atoms with E-state index in [0.717, 1.165) is 5.69 Å². The second-order valence-electron chi connectivity index (χ2n) is 6.32. The topological polar surface area (TPSA) is 104 Å². The molecule has 0 radical (unpaired) electrons. The fraction of sp³-hybridized carbons (Fsp3) is 0.250. The summed E-state index contributed by atoms with van der Waals surface area (Å²) < 4.78 is 26.8. The van der Waals surface area contributed by atoms with Crippen molar-refractivity contribution in [3.63, 3.8) is 0 Å². The molecule has 152 valence electrons. The number of ether oxygens (including phenoxy) is 2. The summed E-state index contributed by atoms with van der Waals surface area (Å²) in [6, 6.07) is 9.18. The molecule has 0 aliphatic carbocycles. The van der Waals surface area contributed by atoms with Crippen LogP contribution in [0.25, 0.3) is 0 Å². The third kappa shape index (κ3) is 5.08. The highest BCUT2D eigenvalue weighted by molar-refractivity contribution is 5.94. The Morgan fingerprint density at radius 1 is 1.21 bits per heavy atom. The highest BCUT2D eigenvalue weighted by atomic mass is 19.1. The van der Waals surface area contributed by atoms with Crippen LogP contribution in [-0.2, 0) is 13.1 Å². The summed E-state index contributed by atoms with van der Waals surface area (Å²) >= 11 is 0. The van der Waals surface area contributed by atoms with Gasteiger partial charge in [-0.3, -0.25) is 9.48 Å². The van der Waals surface area contributed by atoms with Crippen molar-refractivity contribution in [3.8, 4) is 17.2 Å². The highest BCUT2D eigenvalue weighted by Gasteiger charge is 2.14. The van der Waals surface area contributed by atoms with Crippen molar-refractivity contribution >= 4 is 5.91 Å². The molecule has 1 amide bonds. The van der Waals surface area contributed by atoms with Gasteiger partial charge in [0.25, 0.3) is 5.91 Å². The van der Waals surface area contributed by atoms with Crippen LogP contribution in [0.15, 0.2) is 42.6 Å². The van der Waals surface area contributed by atoms with Gasteiger partial charge in [-0.1, -0.05) is 11.3 Å². The van der Waals surface area contributed by atoms with Crippen LogP contribution in [0.5, 0.6) is 17.2 Å². The summed E-state index contributed by atoms with van der Waals surface area (Å²) in [6.45, 7) is 2.93. The number of aromatic nitrogens is 3. The van der Waals surface area contributed by atoms with Gasteiger partial charge in [0.1, 0.15) is 0 Å². The lowest BCUT2D eigenvalue weighted by molar-refractivity contribution is 0.0951. The number of halogens is 1. The highest BCUT2D eigenvalue weighted by Crippen LogP contribution is 2.33. The molecule has 1 heterocycles. The number of carbonyl (C=O) groups excluding carboxylic acids is 1. The number of nitrogens with zero attached hydrogens (tertiary/aromatic N) is 3. The molecule has 0 spiro atoms. The van der Waals surface area contributed by atoms with Crippen LogP contribution in [0.4, 0.5) is 4.39 Å². The third-order valence-corrected chi connectivity index (χ3v) is 4.16. The maximum atomic E-state index is 14.2. The molecule has 0 saturated carbocycles. The van der Waals surface area contributed by atoms with Gasteiger partial charge in [0, 0.05) is 24.8 Å². The Bertz CT molecular complexity index is 1010. The van der Waals surface area contributed by atoms with Crippen molar-refractivity contribution in [2.45, 2.75) is 20.0 Å². The first-order valence-corrected chi connectivity index (χ1v) is 8.99. The van der Waals surface area contributed by atoms with Gasteiger partial charge in [-0.2, -0.15) is 0 Å². The van der Waals surface area contributed by atoms with Crippen LogP contribution in [0.1, 0.15) is 21.6 Å². The van der Waals surface area contributed by atoms with E-state index in [9.17, 15) is 9.18 Å². The van der Waals surface area contributed by atoms with E-state index in [-0.39, 0.29) is 24.0 Å². The molecule has 0 saturated heterocycles. The Morgan fingerprint density at radius 2 is 2.00 bits per heavy atom. The molecule has 0 aliphatic heterocycles. The first-order chi connectivity index (χ1) is 14.0. The summed E-state index contributed by atoms with van der Waals surface area (Å²) in [5.74, 6) is -0.228. The molecule has 0 fully saturated rings. The fourth-order valence-corrected chi connectivity index (χ4v) is 2.66. The molecule has 9 heteroatoms. The summed E-state index contributed by atoms with van der Waals surface area (Å²) in [5, 5.41) is 10.6. The monoisotopic (exact) mass is 399 g/mol. The van der Waals surface area contributed by atoms with Gasteiger partial charge in [-0.25, -0.2) is 4.39 Å². The van der Waals surface area contributed by atoms with E-state index in [1.165, 1.54) is 25.3 Å². The minimum atomic E-state index is -0.548. The molecule has 3 rings (SSSR count). The number of hydrogen-bond acceptors (Lipinski definition) is 6. The Morgan fingerprint density at radius 3 is 2.66 bits per heavy atom. The molecule has 0 atom stereocenters. The van der Waals surface area contributed by atoms with Crippen molar-refractivity contribution in [2.24, 2.45) is 5.73 Å². The zero-order valence-electron chi connectivity index (χ0n) is 16.2.